The van der Waals surface area contributed by atoms with Gasteiger partial charge in [0.2, 0.25) is 11.6 Å². The van der Waals surface area contributed by atoms with Crippen LogP contribution in [0.5, 0.6) is 0 Å². The van der Waals surface area contributed by atoms with Gasteiger partial charge in [-0.3, -0.25) is 9.59 Å². The highest BCUT2D eigenvalue weighted by atomic mass is 16.4. The number of carboxylic acids is 2. The van der Waals surface area contributed by atoms with E-state index in [0.717, 1.165) is 0 Å². The first kappa shape index (κ1) is 21.0. The first-order valence-corrected chi connectivity index (χ1v) is 10.4. The lowest BCUT2D eigenvalue weighted by Gasteiger charge is -2.20. The van der Waals surface area contributed by atoms with Crippen molar-refractivity contribution < 1.29 is 29.4 Å². The van der Waals surface area contributed by atoms with Gasteiger partial charge in [-0.05, 0) is 81.9 Å². The van der Waals surface area contributed by atoms with Crippen molar-refractivity contribution in [2.24, 2.45) is 0 Å². The average Bonchev–Trinajstić information content (AvgIpc) is 2.86. The lowest BCUT2D eigenvalue weighted by Crippen LogP contribution is -2.21. The molecule has 0 unspecified atom stereocenters. The van der Waals surface area contributed by atoms with Gasteiger partial charge in [0.05, 0.1) is 11.1 Å². The number of carboxylic acid groups (broad SMARTS) is 2. The number of hydrogen-bond donors (Lipinski definition) is 2. The molecule has 0 radical (unpaired) electrons. The van der Waals surface area contributed by atoms with Gasteiger partial charge in [-0.2, -0.15) is 0 Å². The molecule has 0 saturated heterocycles. The van der Waals surface area contributed by atoms with Crippen LogP contribution < -0.4 is 0 Å². The van der Waals surface area contributed by atoms with Crippen molar-refractivity contribution >= 4 is 23.5 Å². The van der Waals surface area contributed by atoms with E-state index < -0.39 is 23.5 Å². The molecule has 0 amide bonds. The van der Waals surface area contributed by atoms with E-state index in [9.17, 15) is 29.4 Å². The molecule has 4 aromatic rings. The van der Waals surface area contributed by atoms with Crippen LogP contribution >= 0.6 is 0 Å². The van der Waals surface area contributed by atoms with Gasteiger partial charge in [0.25, 0.3) is 0 Å². The highest BCUT2D eigenvalue weighted by molar-refractivity contribution is 6.53. The first-order valence-electron chi connectivity index (χ1n) is 10.4. The quantitative estimate of drug-likeness (QED) is 0.401. The topological polar surface area (TPSA) is 109 Å². The maximum absolute atomic E-state index is 12.8. The predicted octanol–water partition coefficient (Wildman–Crippen LogP) is 5.46. The van der Waals surface area contributed by atoms with Crippen molar-refractivity contribution in [3.05, 3.63) is 107 Å². The van der Waals surface area contributed by atoms with Crippen molar-refractivity contribution in [3.63, 3.8) is 0 Å². The Balaban J connectivity index is 1.68. The Hall–Kier alpha value is -4.84. The molecule has 34 heavy (non-hydrogen) atoms. The Morgan fingerprint density at radius 3 is 1.24 bits per heavy atom. The van der Waals surface area contributed by atoms with Gasteiger partial charge in [0, 0.05) is 11.1 Å². The molecule has 164 valence electrons. The minimum atomic E-state index is -1.04. The minimum absolute atomic E-state index is 0.141. The Labute approximate surface area is 193 Å². The number of Topliss-reactive ketones (excluding diaryl/α,β-unsaturated/α-hetero) is 2. The summed E-state index contributed by atoms with van der Waals surface area (Å²) in [6.07, 6.45) is 0. The van der Waals surface area contributed by atoms with E-state index in [2.05, 4.69) is 0 Å². The molecule has 0 heterocycles. The van der Waals surface area contributed by atoms with Crippen LogP contribution in [0.2, 0.25) is 0 Å². The Bertz CT molecular complexity index is 1430. The molecular formula is C28H16O6. The monoisotopic (exact) mass is 448 g/mol. The third-order valence-electron chi connectivity index (χ3n) is 5.91. The number of hydrogen-bond acceptors (Lipinski definition) is 4. The lowest BCUT2D eigenvalue weighted by molar-refractivity contribution is 0.0686. The van der Waals surface area contributed by atoms with E-state index in [-0.39, 0.29) is 22.3 Å². The van der Waals surface area contributed by atoms with Gasteiger partial charge in [-0.1, -0.05) is 36.4 Å². The molecule has 1 aliphatic carbocycles. The molecule has 0 spiro atoms. The first-order chi connectivity index (χ1) is 16.3. The third kappa shape index (κ3) is 3.47. The lowest BCUT2D eigenvalue weighted by atomic mass is 9.81. The van der Waals surface area contributed by atoms with Crippen LogP contribution in [0.1, 0.15) is 41.4 Å². The summed E-state index contributed by atoms with van der Waals surface area (Å²) >= 11 is 0. The van der Waals surface area contributed by atoms with Crippen LogP contribution in [0, 0.1) is 0 Å². The van der Waals surface area contributed by atoms with E-state index in [1.807, 2.05) is 0 Å². The number of rotatable bonds is 4. The number of carbonyl (C=O) groups is 4. The number of aromatic carboxylic acids is 2. The summed E-state index contributed by atoms with van der Waals surface area (Å²) in [5.41, 5.74) is 4.69. The van der Waals surface area contributed by atoms with E-state index in [1.54, 1.807) is 72.8 Å². The van der Waals surface area contributed by atoms with Crippen LogP contribution in [0.4, 0.5) is 0 Å². The van der Waals surface area contributed by atoms with E-state index in [4.69, 9.17) is 0 Å². The fraction of sp³-hybridized carbons (Fsp3) is 0. The summed E-state index contributed by atoms with van der Waals surface area (Å²) < 4.78 is 0. The standard InChI is InChI=1S/C28H16O6/c29-25-21-9-7-17(15-3-1-5-19(11-15)27(31)32)13-23(21)24-14-18(8-10-22(24)26(25)30)16-4-2-6-20(12-16)28(33)34/h1-14H,(H,31,32)(H,33,34). The van der Waals surface area contributed by atoms with Gasteiger partial charge in [-0.25, -0.2) is 9.59 Å². The van der Waals surface area contributed by atoms with Gasteiger partial charge in [-0.15, -0.1) is 0 Å². The number of carbonyl (C=O) groups excluding carboxylic acids is 2. The molecule has 5 rings (SSSR count). The molecule has 2 N–H and O–H groups in total. The molecule has 6 heteroatoms. The number of ketones is 2. The minimum Gasteiger partial charge on any atom is -0.478 e. The fourth-order valence-corrected chi connectivity index (χ4v) is 4.20. The SMILES string of the molecule is O=C(O)c1cccc(-c2ccc3c(c2)-c2cc(-c4cccc(C(=O)O)c4)ccc2C(=O)C3=O)c1. The maximum atomic E-state index is 12.8. The maximum Gasteiger partial charge on any atom is 0.335 e. The summed E-state index contributed by atoms with van der Waals surface area (Å²) in [7, 11) is 0. The van der Waals surface area contributed by atoms with Gasteiger partial charge in [0.15, 0.2) is 0 Å². The van der Waals surface area contributed by atoms with Crippen molar-refractivity contribution in [2.45, 2.75) is 0 Å². The molecule has 4 aromatic carbocycles. The van der Waals surface area contributed by atoms with Crippen LogP contribution in [-0.2, 0) is 0 Å². The smallest absolute Gasteiger partial charge is 0.335 e. The second kappa shape index (κ2) is 7.94. The van der Waals surface area contributed by atoms with Crippen molar-refractivity contribution in [2.75, 3.05) is 0 Å². The summed E-state index contributed by atoms with van der Waals surface area (Å²) in [6.45, 7) is 0. The molecule has 0 aliphatic heterocycles. The van der Waals surface area contributed by atoms with E-state index in [0.29, 0.717) is 33.4 Å². The zero-order valence-electron chi connectivity index (χ0n) is 17.6. The number of fused-ring (bicyclic) bond motifs is 3. The van der Waals surface area contributed by atoms with Crippen LogP contribution in [-0.4, -0.2) is 33.7 Å². The Morgan fingerprint density at radius 2 is 0.853 bits per heavy atom. The molecule has 0 saturated carbocycles. The zero-order chi connectivity index (χ0) is 24.0. The van der Waals surface area contributed by atoms with Gasteiger partial charge in [0.1, 0.15) is 0 Å². The van der Waals surface area contributed by atoms with Crippen molar-refractivity contribution in [1.82, 2.24) is 0 Å². The number of benzene rings is 4. The molecular weight excluding hydrogens is 432 g/mol. The molecule has 0 bridgehead atoms. The second-order valence-corrected chi connectivity index (χ2v) is 7.95. The predicted molar refractivity (Wildman–Crippen MR) is 125 cm³/mol. The second-order valence-electron chi connectivity index (χ2n) is 7.95. The van der Waals surface area contributed by atoms with Crippen LogP contribution in [0.25, 0.3) is 33.4 Å². The van der Waals surface area contributed by atoms with E-state index >= 15 is 0 Å². The third-order valence-corrected chi connectivity index (χ3v) is 5.91. The summed E-state index contributed by atoms with van der Waals surface area (Å²) in [6, 6.07) is 23.0. The molecule has 0 aromatic heterocycles. The van der Waals surface area contributed by atoms with Crippen molar-refractivity contribution in [1.29, 1.82) is 0 Å². The average molecular weight is 448 g/mol. The summed E-state index contributed by atoms with van der Waals surface area (Å²) in [5.74, 6) is -3.29. The molecule has 6 nitrogen and oxygen atoms in total. The Kier molecular flexibility index (Phi) is 4.91. The molecule has 1 aliphatic rings. The fourth-order valence-electron chi connectivity index (χ4n) is 4.20. The largest absolute Gasteiger partial charge is 0.478 e. The molecule has 0 atom stereocenters. The van der Waals surface area contributed by atoms with Gasteiger partial charge >= 0.3 is 11.9 Å². The normalized spacial score (nSPS) is 12.1. The highest BCUT2D eigenvalue weighted by Crippen LogP contribution is 2.38. The summed E-state index contributed by atoms with van der Waals surface area (Å²) in [4.78, 5) is 48.3. The van der Waals surface area contributed by atoms with Crippen LogP contribution in [0.15, 0.2) is 84.9 Å². The van der Waals surface area contributed by atoms with Gasteiger partial charge < -0.3 is 10.2 Å². The Morgan fingerprint density at radius 1 is 0.471 bits per heavy atom. The highest BCUT2D eigenvalue weighted by Gasteiger charge is 2.31. The van der Waals surface area contributed by atoms with Crippen molar-refractivity contribution in [3.8, 4) is 33.4 Å². The molecule has 0 fully saturated rings. The summed E-state index contributed by atoms with van der Waals surface area (Å²) in [5, 5.41) is 18.6. The zero-order valence-corrected chi connectivity index (χ0v) is 17.6. The van der Waals surface area contributed by atoms with Crippen LogP contribution in [0.3, 0.4) is 0 Å². The van der Waals surface area contributed by atoms with E-state index in [1.165, 1.54) is 12.1 Å².